The van der Waals surface area contributed by atoms with Gasteiger partial charge in [-0.2, -0.15) is 0 Å². The fourth-order valence-corrected chi connectivity index (χ4v) is 1.47. The van der Waals surface area contributed by atoms with Crippen molar-refractivity contribution in [2.24, 2.45) is 0 Å². The molecule has 1 aromatic heterocycles. The zero-order valence-corrected chi connectivity index (χ0v) is 10.1. The highest BCUT2D eigenvalue weighted by Gasteiger charge is 2.03. The summed E-state index contributed by atoms with van der Waals surface area (Å²) in [5, 5.41) is 2.94. The molecule has 0 bridgehead atoms. The van der Waals surface area contributed by atoms with Crippen molar-refractivity contribution in [2.75, 3.05) is 5.32 Å². The van der Waals surface area contributed by atoms with Crippen LogP contribution in [0.1, 0.15) is 39.0 Å². The molecule has 1 amide bonds. The van der Waals surface area contributed by atoms with Gasteiger partial charge in [0.15, 0.2) is 5.82 Å². The molecular weight excluding hydrogens is 226 g/mol. The molecule has 88 valence electrons. The van der Waals surface area contributed by atoms with Gasteiger partial charge < -0.3 is 5.32 Å². The van der Waals surface area contributed by atoms with Gasteiger partial charge in [-0.15, -0.1) is 0 Å². The van der Waals surface area contributed by atoms with Crippen molar-refractivity contribution >= 4 is 23.3 Å². The summed E-state index contributed by atoms with van der Waals surface area (Å²) in [6.45, 7) is 2.14. The van der Waals surface area contributed by atoms with Crippen LogP contribution < -0.4 is 5.32 Å². The summed E-state index contributed by atoms with van der Waals surface area (Å²) in [6, 6.07) is 0. The Kier molecular flexibility index (Phi) is 5.78. The maximum Gasteiger partial charge on any atom is 0.225 e. The number of hydrogen-bond donors (Lipinski definition) is 1. The number of carbonyl (C=O) groups excluding carboxylic acids is 1. The highest BCUT2D eigenvalue weighted by Crippen LogP contribution is 2.08. The summed E-state index contributed by atoms with van der Waals surface area (Å²) in [4.78, 5) is 19.2. The van der Waals surface area contributed by atoms with E-state index in [1.807, 2.05) is 0 Å². The second kappa shape index (κ2) is 7.17. The average Bonchev–Trinajstić information content (AvgIpc) is 2.24. The predicted octanol–water partition coefficient (Wildman–Crippen LogP) is 3.04. The van der Waals surface area contributed by atoms with Crippen molar-refractivity contribution in [3.8, 4) is 0 Å². The van der Waals surface area contributed by atoms with Gasteiger partial charge in [0.05, 0.1) is 12.4 Å². The van der Waals surface area contributed by atoms with Crippen molar-refractivity contribution in [3.63, 3.8) is 0 Å². The number of nitrogens with one attached hydrogen (secondary N) is 1. The fraction of sp³-hybridized carbons (Fsp3) is 0.545. The van der Waals surface area contributed by atoms with Crippen LogP contribution in [0, 0.1) is 0 Å². The lowest BCUT2D eigenvalue weighted by molar-refractivity contribution is -0.116. The molecule has 0 saturated carbocycles. The first-order valence-corrected chi connectivity index (χ1v) is 5.87. The van der Waals surface area contributed by atoms with Crippen molar-refractivity contribution < 1.29 is 4.79 Å². The molecule has 0 spiro atoms. The van der Waals surface area contributed by atoms with Crippen molar-refractivity contribution in [2.45, 2.75) is 39.0 Å². The number of carbonyl (C=O) groups is 1. The highest BCUT2D eigenvalue weighted by atomic mass is 35.5. The van der Waals surface area contributed by atoms with Gasteiger partial charge >= 0.3 is 0 Å². The molecule has 0 atom stereocenters. The molecular formula is C11H16ClN3O. The molecule has 0 aliphatic rings. The van der Waals surface area contributed by atoms with Gasteiger partial charge in [0.25, 0.3) is 0 Å². The summed E-state index contributed by atoms with van der Waals surface area (Å²) >= 11 is 5.65. The Morgan fingerprint density at radius 3 is 2.88 bits per heavy atom. The molecule has 0 aromatic carbocycles. The molecule has 0 unspecified atom stereocenters. The van der Waals surface area contributed by atoms with E-state index in [2.05, 4.69) is 22.2 Å². The molecule has 0 saturated heterocycles. The van der Waals surface area contributed by atoms with Crippen LogP contribution in [0.3, 0.4) is 0 Å². The van der Waals surface area contributed by atoms with Gasteiger partial charge in [-0.1, -0.05) is 37.8 Å². The van der Waals surface area contributed by atoms with Crippen LogP contribution in [-0.2, 0) is 4.79 Å². The molecule has 4 nitrogen and oxygen atoms in total. The van der Waals surface area contributed by atoms with E-state index in [1.54, 1.807) is 0 Å². The zero-order chi connectivity index (χ0) is 11.8. The largest absolute Gasteiger partial charge is 0.309 e. The van der Waals surface area contributed by atoms with Gasteiger partial charge in [0.2, 0.25) is 5.91 Å². The van der Waals surface area contributed by atoms with E-state index in [-0.39, 0.29) is 11.1 Å². The third kappa shape index (κ3) is 5.07. The van der Waals surface area contributed by atoms with E-state index < -0.39 is 0 Å². The molecule has 1 aromatic rings. The van der Waals surface area contributed by atoms with Crippen LogP contribution in [0.2, 0.25) is 5.15 Å². The van der Waals surface area contributed by atoms with Gasteiger partial charge in [-0.25, -0.2) is 4.98 Å². The van der Waals surface area contributed by atoms with Crippen LogP contribution in [0.5, 0.6) is 0 Å². The highest BCUT2D eigenvalue weighted by molar-refractivity contribution is 6.29. The minimum absolute atomic E-state index is 0.0346. The van der Waals surface area contributed by atoms with Crippen LogP contribution in [0.25, 0.3) is 0 Å². The van der Waals surface area contributed by atoms with Crippen molar-refractivity contribution in [1.29, 1.82) is 0 Å². The predicted molar refractivity (Wildman–Crippen MR) is 64.4 cm³/mol. The Balaban J connectivity index is 2.29. The summed E-state index contributed by atoms with van der Waals surface area (Å²) in [7, 11) is 0. The number of anilines is 1. The van der Waals surface area contributed by atoms with E-state index >= 15 is 0 Å². The second-order valence-electron chi connectivity index (χ2n) is 3.59. The Morgan fingerprint density at radius 2 is 2.19 bits per heavy atom. The third-order valence-electron chi connectivity index (χ3n) is 2.13. The molecule has 0 aliphatic carbocycles. The Bertz CT molecular complexity index is 344. The number of nitrogens with zero attached hydrogens (tertiary/aromatic N) is 2. The number of unbranched alkanes of at least 4 members (excludes halogenated alkanes) is 3. The topological polar surface area (TPSA) is 54.9 Å². The Morgan fingerprint density at radius 1 is 1.38 bits per heavy atom. The zero-order valence-electron chi connectivity index (χ0n) is 9.37. The van der Waals surface area contributed by atoms with Crippen LogP contribution in [0.4, 0.5) is 5.82 Å². The first kappa shape index (κ1) is 12.9. The van der Waals surface area contributed by atoms with Gasteiger partial charge in [-0.3, -0.25) is 9.78 Å². The number of rotatable bonds is 6. The summed E-state index contributed by atoms with van der Waals surface area (Å²) in [6.07, 6.45) is 7.77. The molecule has 1 rings (SSSR count). The lowest BCUT2D eigenvalue weighted by Gasteiger charge is -2.03. The summed E-state index contributed by atoms with van der Waals surface area (Å²) < 4.78 is 0. The summed E-state index contributed by atoms with van der Waals surface area (Å²) in [5.74, 6) is 0.376. The van der Waals surface area contributed by atoms with Gasteiger partial charge in [0.1, 0.15) is 5.15 Å². The van der Waals surface area contributed by atoms with E-state index in [0.29, 0.717) is 12.2 Å². The minimum Gasteiger partial charge on any atom is -0.309 e. The third-order valence-corrected chi connectivity index (χ3v) is 2.31. The molecule has 16 heavy (non-hydrogen) atoms. The lowest BCUT2D eigenvalue weighted by Crippen LogP contribution is -2.12. The molecule has 5 heteroatoms. The van der Waals surface area contributed by atoms with Crippen LogP contribution in [-0.4, -0.2) is 15.9 Å². The fourth-order valence-electron chi connectivity index (χ4n) is 1.32. The first-order valence-electron chi connectivity index (χ1n) is 5.49. The van der Waals surface area contributed by atoms with Crippen LogP contribution >= 0.6 is 11.6 Å². The minimum atomic E-state index is -0.0346. The SMILES string of the molecule is CCCCCCC(=O)Nc1cncc(Cl)n1. The first-order chi connectivity index (χ1) is 7.72. The molecule has 0 aliphatic heterocycles. The van der Waals surface area contributed by atoms with Crippen LogP contribution in [0.15, 0.2) is 12.4 Å². The van der Waals surface area contributed by atoms with E-state index in [9.17, 15) is 4.79 Å². The number of hydrogen-bond acceptors (Lipinski definition) is 3. The van der Waals surface area contributed by atoms with E-state index in [4.69, 9.17) is 11.6 Å². The lowest BCUT2D eigenvalue weighted by atomic mass is 10.1. The quantitative estimate of drug-likeness (QED) is 0.779. The normalized spacial score (nSPS) is 10.1. The standard InChI is InChI=1S/C11H16ClN3O/c1-2-3-4-5-6-11(16)15-10-8-13-7-9(12)14-10/h7-8H,2-6H2,1H3,(H,14,15,16). The molecule has 1 heterocycles. The number of halogens is 1. The Hall–Kier alpha value is -1.16. The summed E-state index contributed by atoms with van der Waals surface area (Å²) in [5.41, 5.74) is 0. The molecule has 0 fully saturated rings. The smallest absolute Gasteiger partial charge is 0.225 e. The van der Waals surface area contributed by atoms with Gasteiger partial charge in [-0.05, 0) is 6.42 Å². The monoisotopic (exact) mass is 241 g/mol. The maximum atomic E-state index is 11.5. The molecule has 0 radical (unpaired) electrons. The van der Waals surface area contributed by atoms with E-state index in [1.165, 1.54) is 25.2 Å². The Labute approximate surface area is 100 Å². The van der Waals surface area contributed by atoms with Gasteiger partial charge in [0, 0.05) is 6.42 Å². The number of aromatic nitrogens is 2. The second-order valence-corrected chi connectivity index (χ2v) is 3.97. The maximum absolute atomic E-state index is 11.5. The molecule has 1 N–H and O–H groups in total. The van der Waals surface area contributed by atoms with Crippen molar-refractivity contribution in [3.05, 3.63) is 17.5 Å². The van der Waals surface area contributed by atoms with E-state index in [0.717, 1.165) is 12.8 Å². The average molecular weight is 242 g/mol. The van der Waals surface area contributed by atoms with Crippen molar-refractivity contribution in [1.82, 2.24) is 9.97 Å². The number of amides is 1.